The molecule has 1 heterocycles. The van der Waals surface area contributed by atoms with Gasteiger partial charge in [-0.1, -0.05) is 11.6 Å². The number of halogens is 1. The fourth-order valence-corrected chi connectivity index (χ4v) is 1.33. The quantitative estimate of drug-likeness (QED) is 0.688. The molecule has 0 saturated heterocycles. The minimum Gasteiger partial charge on any atom is -0.394 e. The molecule has 0 unspecified atom stereocenters. The van der Waals surface area contributed by atoms with Crippen LogP contribution < -0.4 is 11.1 Å². The average molecular weight is 215 g/mol. The van der Waals surface area contributed by atoms with Crippen LogP contribution in [0.3, 0.4) is 0 Å². The Morgan fingerprint density at radius 2 is 2.36 bits per heavy atom. The van der Waals surface area contributed by atoms with E-state index in [1.807, 2.05) is 0 Å². The molecule has 5 nitrogen and oxygen atoms in total. The molecule has 14 heavy (non-hydrogen) atoms. The number of nitrogens with two attached hydrogens (primary N) is 1. The summed E-state index contributed by atoms with van der Waals surface area (Å²) < 4.78 is 0. The van der Waals surface area contributed by atoms with Gasteiger partial charge in [-0.2, -0.15) is 4.98 Å². The third-order valence-electron chi connectivity index (χ3n) is 2.30. The lowest BCUT2D eigenvalue weighted by molar-refractivity contribution is 0.266. The van der Waals surface area contributed by atoms with Crippen molar-refractivity contribution in [1.82, 2.24) is 9.97 Å². The van der Waals surface area contributed by atoms with Crippen LogP contribution in [-0.4, -0.2) is 27.2 Å². The first kappa shape index (κ1) is 9.48. The van der Waals surface area contributed by atoms with Crippen molar-refractivity contribution in [3.8, 4) is 0 Å². The third-order valence-corrected chi connectivity index (χ3v) is 2.58. The van der Waals surface area contributed by atoms with Gasteiger partial charge in [-0.25, -0.2) is 4.98 Å². The Labute approximate surface area is 86.3 Å². The lowest BCUT2D eigenvalue weighted by atomic mass is 10.3. The topological polar surface area (TPSA) is 84.1 Å². The predicted molar refractivity (Wildman–Crippen MR) is 54.1 cm³/mol. The van der Waals surface area contributed by atoms with Crippen LogP contribution in [0.2, 0.25) is 5.02 Å². The molecular formula is C8H11ClN4O. The average Bonchev–Trinajstić information content (AvgIpc) is 2.92. The molecule has 1 aliphatic rings. The Kier molecular flexibility index (Phi) is 2.20. The summed E-state index contributed by atoms with van der Waals surface area (Å²) in [5.74, 6) is 0.663. The van der Waals surface area contributed by atoms with Gasteiger partial charge in [0, 0.05) is 0 Å². The van der Waals surface area contributed by atoms with Crippen LogP contribution in [0.4, 0.5) is 11.8 Å². The van der Waals surface area contributed by atoms with Crippen molar-refractivity contribution >= 4 is 23.4 Å². The molecule has 1 saturated carbocycles. The second-order valence-corrected chi connectivity index (χ2v) is 3.90. The number of aromatic nitrogens is 2. The Morgan fingerprint density at radius 3 is 2.93 bits per heavy atom. The summed E-state index contributed by atoms with van der Waals surface area (Å²) in [5.41, 5.74) is 5.18. The van der Waals surface area contributed by atoms with Gasteiger partial charge < -0.3 is 16.2 Å². The van der Waals surface area contributed by atoms with E-state index in [4.69, 9.17) is 22.4 Å². The first-order chi connectivity index (χ1) is 6.65. The summed E-state index contributed by atoms with van der Waals surface area (Å²) in [6.45, 7) is 0.0766. The van der Waals surface area contributed by atoms with Crippen LogP contribution in [0, 0.1) is 0 Å². The SMILES string of the molecule is Nc1ncc(Cl)c(NC2(CO)CC2)n1. The number of aliphatic hydroxyl groups is 1. The maximum absolute atomic E-state index is 9.10. The molecule has 0 spiro atoms. The number of nitrogen functional groups attached to an aromatic ring is 1. The lowest BCUT2D eigenvalue weighted by Gasteiger charge is -2.15. The Morgan fingerprint density at radius 1 is 1.64 bits per heavy atom. The van der Waals surface area contributed by atoms with Crippen molar-refractivity contribution < 1.29 is 5.11 Å². The van der Waals surface area contributed by atoms with Crippen molar-refractivity contribution in [3.63, 3.8) is 0 Å². The number of nitrogens with one attached hydrogen (secondary N) is 1. The monoisotopic (exact) mass is 214 g/mol. The molecule has 0 amide bonds. The Hall–Kier alpha value is -1.07. The normalized spacial score (nSPS) is 17.9. The molecule has 4 N–H and O–H groups in total. The molecule has 1 fully saturated rings. The summed E-state index contributed by atoms with van der Waals surface area (Å²) in [4.78, 5) is 7.71. The van der Waals surface area contributed by atoms with Gasteiger partial charge in [0.15, 0.2) is 5.82 Å². The van der Waals surface area contributed by atoms with Gasteiger partial charge in [-0.3, -0.25) is 0 Å². The highest BCUT2D eigenvalue weighted by atomic mass is 35.5. The number of hydrogen-bond donors (Lipinski definition) is 3. The molecule has 76 valence electrons. The molecule has 1 aliphatic carbocycles. The first-order valence-electron chi connectivity index (χ1n) is 4.32. The van der Waals surface area contributed by atoms with Crippen molar-refractivity contribution in [2.45, 2.75) is 18.4 Å². The van der Waals surface area contributed by atoms with E-state index in [9.17, 15) is 0 Å². The fraction of sp³-hybridized carbons (Fsp3) is 0.500. The van der Waals surface area contributed by atoms with Crippen molar-refractivity contribution in [2.75, 3.05) is 17.7 Å². The minimum absolute atomic E-state index is 0.0766. The number of rotatable bonds is 3. The van der Waals surface area contributed by atoms with Gasteiger partial charge in [-0.15, -0.1) is 0 Å². The second-order valence-electron chi connectivity index (χ2n) is 3.49. The second kappa shape index (κ2) is 3.25. The smallest absolute Gasteiger partial charge is 0.222 e. The van der Waals surface area contributed by atoms with E-state index in [1.165, 1.54) is 6.20 Å². The molecule has 0 bridgehead atoms. The molecule has 1 aromatic rings. The predicted octanol–water partition coefficient (Wildman–Crippen LogP) is 0.649. The number of anilines is 2. The van der Waals surface area contributed by atoms with Crippen LogP contribution >= 0.6 is 11.6 Å². The Bertz CT molecular complexity index is 353. The van der Waals surface area contributed by atoms with Crippen molar-refractivity contribution in [2.24, 2.45) is 0 Å². The summed E-state index contributed by atoms with van der Waals surface area (Å²) in [5, 5.41) is 12.6. The van der Waals surface area contributed by atoms with E-state index in [0.29, 0.717) is 10.8 Å². The van der Waals surface area contributed by atoms with Crippen LogP contribution in [0.25, 0.3) is 0 Å². The highest BCUT2D eigenvalue weighted by Crippen LogP contribution is 2.39. The van der Waals surface area contributed by atoms with E-state index in [1.54, 1.807) is 0 Å². The van der Waals surface area contributed by atoms with Gasteiger partial charge >= 0.3 is 0 Å². The zero-order valence-electron chi connectivity index (χ0n) is 7.50. The first-order valence-corrected chi connectivity index (χ1v) is 4.70. The number of nitrogens with zero attached hydrogens (tertiary/aromatic N) is 2. The standard InChI is InChI=1S/C8H11ClN4O/c9-5-3-11-7(10)12-6(5)13-8(4-14)1-2-8/h3,14H,1-2,4H2,(H3,10,11,12,13). The highest BCUT2D eigenvalue weighted by Gasteiger charge is 2.42. The summed E-state index contributed by atoms with van der Waals surface area (Å²) >= 11 is 5.86. The molecule has 0 aromatic carbocycles. The Balaban J connectivity index is 2.20. The van der Waals surface area contributed by atoms with E-state index >= 15 is 0 Å². The highest BCUT2D eigenvalue weighted by molar-refractivity contribution is 6.32. The van der Waals surface area contributed by atoms with E-state index < -0.39 is 0 Å². The third kappa shape index (κ3) is 1.73. The summed E-state index contributed by atoms with van der Waals surface area (Å²) in [6.07, 6.45) is 3.28. The van der Waals surface area contributed by atoms with E-state index in [-0.39, 0.29) is 18.1 Å². The molecule has 0 atom stereocenters. The van der Waals surface area contributed by atoms with Crippen LogP contribution in [-0.2, 0) is 0 Å². The van der Waals surface area contributed by atoms with Gasteiger partial charge in [0.05, 0.1) is 18.3 Å². The molecular weight excluding hydrogens is 204 g/mol. The van der Waals surface area contributed by atoms with Crippen LogP contribution in [0.15, 0.2) is 6.20 Å². The molecule has 0 aliphatic heterocycles. The maximum atomic E-state index is 9.10. The van der Waals surface area contributed by atoms with E-state index in [0.717, 1.165) is 12.8 Å². The van der Waals surface area contributed by atoms with Gasteiger partial charge in [0.1, 0.15) is 5.02 Å². The molecule has 6 heteroatoms. The van der Waals surface area contributed by atoms with Gasteiger partial charge in [0.25, 0.3) is 0 Å². The molecule has 2 rings (SSSR count). The number of aliphatic hydroxyl groups excluding tert-OH is 1. The van der Waals surface area contributed by atoms with Gasteiger partial charge in [-0.05, 0) is 12.8 Å². The zero-order chi connectivity index (χ0) is 10.2. The minimum atomic E-state index is -0.246. The van der Waals surface area contributed by atoms with Gasteiger partial charge in [0.2, 0.25) is 5.95 Å². The summed E-state index contributed by atoms with van der Waals surface area (Å²) in [7, 11) is 0. The molecule has 1 aromatic heterocycles. The maximum Gasteiger partial charge on any atom is 0.222 e. The van der Waals surface area contributed by atoms with Crippen molar-refractivity contribution in [1.29, 1.82) is 0 Å². The largest absolute Gasteiger partial charge is 0.394 e. The van der Waals surface area contributed by atoms with Crippen molar-refractivity contribution in [3.05, 3.63) is 11.2 Å². The fourth-order valence-electron chi connectivity index (χ4n) is 1.19. The lowest BCUT2D eigenvalue weighted by Crippen LogP contribution is -2.26. The van der Waals surface area contributed by atoms with E-state index in [2.05, 4.69) is 15.3 Å². The van der Waals surface area contributed by atoms with Crippen LogP contribution in [0.5, 0.6) is 0 Å². The number of hydrogen-bond acceptors (Lipinski definition) is 5. The van der Waals surface area contributed by atoms with Crippen LogP contribution in [0.1, 0.15) is 12.8 Å². The zero-order valence-corrected chi connectivity index (χ0v) is 8.25. The summed E-state index contributed by atoms with van der Waals surface area (Å²) in [6, 6.07) is 0. The molecule has 0 radical (unpaired) electrons.